The summed E-state index contributed by atoms with van der Waals surface area (Å²) in [5.41, 5.74) is 0.230. The van der Waals surface area contributed by atoms with Crippen LogP contribution in [0.4, 0.5) is 17.6 Å². The summed E-state index contributed by atoms with van der Waals surface area (Å²) >= 11 is 5.71. The number of carboxylic acid groups (broad SMARTS) is 1. The van der Waals surface area contributed by atoms with Crippen molar-refractivity contribution in [3.63, 3.8) is 0 Å². The standard InChI is InChI=1S/C19H14ClF4NO2/c20-14-3-1-11(16(10-14)19(22,23)24)8-15-9-13-7-12(18(26)27)2-4-17(13)25(15)6-5-21/h1-4,7,9-10H,5-6,8H2,(H,26,27). The van der Waals surface area contributed by atoms with Crippen LogP contribution in [0.25, 0.3) is 10.9 Å². The Hall–Kier alpha value is -2.54. The van der Waals surface area contributed by atoms with E-state index in [-0.39, 0.29) is 29.1 Å². The highest BCUT2D eigenvalue weighted by atomic mass is 35.5. The van der Waals surface area contributed by atoms with Gasteiger partial charge in [-0.3, -0.25) is 0 Å². The van der Waals surface area contributed by atoms with Gasteiger partial charge < -0.3 is 9.67 Å². The van der Waals surface area contributed by atoms with E-state index >= 15 is 0 Å². The predicted octanol–water partition coefficient (Wildman–Crippen LogP) is 5.57. The van der Waals surface area contributed by atoms with Crippen LogP contribution in [0.3, 0.4) is 0 Å². The molecule has 3 nitrogen and oxygen atoms in total. The molecule has 1 aromatic heterocycles. The Kier molecular flexibility index (Phi) is 5.15. The second-order valence-electron chi connectivity index (χ2n) is 6.03. The Morgan fingerprint density at radius 3 is 2.48 bits per heavy atom. The van der Waals surface area contributed by atoms with Crippen LogP contribution in [0.5, 0.6) is 0 Å². The summed E-state index contributed by atoms with van der Waals surface area (Å²) in [6.07, 6.45) is -4.67. The zero-order valence-corrected chi connectivity index (χ0v) is 14.6. The molecular weight excluding hydrogens is 386 g/mol. The molecule has 0 saturated heterocycles. The van der Waals surface area contributed by atoms with Crippen LogP contribution < -0.4 is 0 Å². The van der Waals surface area contributed by atoms with E-state index in [9.17, 15) is 22.4 Å². The van der Waals surface area contributed by atoms with Crippen molar-refractivity contribution in [3.8, 4) is 0 Å². The number of rotatable bonds is 5. The number of nitrogens with zero attached hydrogens (tertiary/aromatic N) is 1. The van der Waals surface area contributed by atoms with Gasteiger partial charge >= 0.3 is 12.1 Å². The van der Waals surface area contributed by atoms with Crippen LogP contribution in [0.2, 0.25) is 5.02 Å². The molecule has 3 rings (SSSR count). The molecule has 0 radical (unpaired) electrons. The van der Waals surface area contributed by atoms with E-state index in [1.165, 1.54) is 30.3 Å². The van der Waals surface area contributed by atoms with Gasteiger partial charge in [0.05, 0.1) is 17.7 Å². The number of alkyl halides is 4. The maximum Gasteiger partial charge on any atom is 0.416 e. The van der Waals surface area contributed by atoms with Crippen LogP contribution in [-0.4, -0.2) is 22.3 Å². The van der Waals surface area contributed by atoms with E-state index in [1.54, 1.807) is 10.6 Å². The molecule has 142 valence electrons. The third-order valence-corrected chi connectivity index (χ3v) is 4.53. The molecule has 1 heterocycles. The number of aryl methyl sites for hydroxylation is 1. The monoisotopic (exact) mass is 399 g/mol. The van der Waals surface area contributed by atoms with Crippen molar-refractivity contribution in [2.75, 3.05) is 6.67 Å². The minimum absolute atomic E-state index is 0.00766. The van der Waals surface area contributed by atoms with Gasteiger partial charge in [-0.15, -0.1) is 0 Å². The van der Waals surface area contributed by atoms with Gasteiger partial charge in [0, 0.05) is 28.0 Å². The lowest BCUT2D eigenvalue weighted by atomic mass is 10.0. The molecule has 1 N–H and O–H groups in total. The van der Waals surface area contributed by atoms with Crippen molar-refractivity contribution < 1.29 is 27.5 Å². The number of carbonyl (C=O) groups is 1. The average molecular weight is 400 g/mol. The Morgan fingerprint density at radius 1 is 1.11 bits per heavy atom. The largest absolute Gasteiger partial charge is 0.478 e. The third kappa shape index (κ3) is 3.93. The van der Waals surface area contributed by atoms with Gasteiger partial charge in [0.1, 0.15) is 6.67 Å². The Labute approximate surface area is 156 Å². The van der Waals surface area contributed by atoms with Gasteiger partial charge in [-0.25, -0.2) is 9.18 Å². The molecule has 0 aliphatic carbocycles. The molecule has 0 amide bonds. The maximum absolute atomic E-state index is 13.3. The van der Waals surface area contributed by atoms with E-state index in [0.29, 0.717) is 16.6 Å². The average Bonchev–Trinajstić information content (AvgIpc) is 2.92. The highest BCUT2D eigenvalue weighted by Crippen LogP contribution is 2.35. The minimum Gasteiger partial charge on any atom is -0.478 e. The van der Waals surface area contributed by atoms with Crippen LogP contribution in [0.15, 0.2) is 42.5 Å². The first-order chi connectivity index (χ1) is 12.7. The highest BCUT2D eigenvalue weighted by Gasteiger charge is 2.33. The maximum atomic E-state index is 13.3. The fourth-order valence-corrected chi connectivity index (χ4v) is 3.29. The van der Waals surface area contributed by atoms with E-state index < -0.39 is 24.4 Å². The quantitative estimate of drug-likeness (QED) is 0.570. The Bertz CT molecular complexity index is 1010. The first-order valence-electron chi connectivity index (χ1n) is 7.97. The number of carboxylic acids is 1. The number of benzene rings is 2. The lowest BCUT2D eigenvalue weighted by Gasteiger charge is -2.15. The molecular formula is C19H14ClF4NO2. The molecule has 3 aromatic rings. The number of hydrogen-bond acceptors (Lipinski definition) is 1. The van der Waals surface area contributed by atoms with Crippen molar-refractivity contribution in [3.05, 3.63) is 69.9 Å². The van der Waals surface area contributed by atoms with Gasteiger partial charge in [0.15, 0.2) is 0 Å². The third-order valence-electron chi connectivity index (χ3n) is 4.29. The van der Waals surface area contributed by atoms with Crippen molar-refractivity contribution in [2.24, 2.45) is 0 Å². The fraction of sp³-hybridized carbons (Fsp3) is 0.211. The van der Waals surface area contributed by atoms with E-state index in [0.717, 1.165) is 6.07 Å². The van der Waals surface area contributed by atoms with Gasteiger partial charge in [0.25, 0.3) is 0 Å². The van der Waals surface area contributed by atoms with E-state index in [1.807, 2.05) is 0 Å². The normalized spacial score (nSPS) is 11.9. The summed E-state index contributed by atoms with van der Waals surface area (Å²) in [7, 11) is 0. The first-order valence-corrected chi connectivity index (χ1v) is 8.35. The molecule has 8 heteroatoms. The van der Waals surface area contributed by atoms with Crippen LogP contribution in [0.1, 0.15) is 27.2 Å². The molecule has 0 aliphatic heterocycles. The summed E-state index contributed by atoms with van der Waals surface area (Å²) in [6, 6.07) is 9.45. The van der Waals surface area contributed by atoms with Crippen molar-refractivity contribution in [2.45, 2.75) is 19.1 Å². The summed E-state index contributed by atoms with van der Waals surface area (Å²) in [5.74, 6) is -1.12. The number of aromatic carboxylic acids is 1. The van der Waals surface area contributed by atoms with Crippen LogP contribution >= 0.6 is 11.6 Å². The second-order valence-corrected chi connectivity index (χ2v) is 6.47. The van der Waals surface area contributed by atoms with Gasteiger partial charge in [-0.1, -0.05) is 17.7 Å². The zero-order valence-electron chi connectivity index (χ0n) is 13.9. The topological polar surface area (TPSA) is 42.2 Å². The van der Waals surface area contributed by atoms with Gasteiger partial charge in [-0.2, -0.15) is 13.2 Å². The number of halogens is 5. The molecule has 0 saturated carbocycles. The summed E-state index contributed by atoms with van der Waals surface area (Å²) < 4.78 is 54.6. The lowest BCUT2D eigenvalue weighted by molar-refractivity contribution is -0.138. The molecule has 0 atom stereocenters. The van der Waals surface area contributed by atoms with Gasteiger partial charge in [0.2, 0.25) is 0 Å². The van der Waals surface area contributed by atoms with Crippen molar-refractivity contribution in [1.29, 1.82) is 0 Å². The highest BCUT2D eigenvalue weighted by molar-refractivity contribution is 6.30. The predicted molar refractivity (Wildman–Crippen MR) is 94.1 cm³/mol. The molecule has 0 aliphatic rings. The second kappa shape index (κ2) is 7.23. The molecule has 0 fully saturated rings. The van der Waals surface area contributed by atoms with Crippen LogP contribution in [0, 0.1) is 0 Å². The van der Waals surface area contributed by atoms with Crippen molar-refractivity contribution in [1.82, 2.24) is 4.57 Å². The number of aromatic nitrogens is 1. The number of fused-ring (bicyclic) bond motifs is 1. The minimum atomic E-state index is -4.58. The first kappa shape index (κ1) is 19.2. The Morgan fingerprint density at radius 2 is 1.85 bits per heavy atom. The lowest BCUT2D eigenvalue weighted by Crippen LogP contribution is -2.11. The molecule has 27 heavy (non-hydrogen) atoms. The fourth-order valence-electron chi connectivity index (χ4n) is 3.12. The van der Waals surface area contributed by atoms with Gasteiger partial charge in [-0.05, 0) is 42.0 Å². The van der Waals surface area contributed by atoms with E-state index in [4.69, 9.17) is 16.7 Å². The summed E-state index contributed by atoms with van der Waals surface area (Å²) in [5, 5.41) is 9.61. The zero-order chi connectivity index (χ0) is 19.8. The molecule has 0 spiro atoms. The molecule has 2 aromatic carbocycles. The Balaban J connectivity index is 2.12. The smallest absolute Gasteiger partial charge is 0.416 e. The molecule has 0 unspecified atom stereocenters. The van der Waals surface area contributed by atoms with Crippen LogP contribution in [-0.2, 0) is 19.1 Å². The van der Waals surface area contributed by atoms with Crippen molar-refractivity contribution >= 4 is 28.5 Å². The SMILES string of the molecule is O=C(O)c1ccc2c(c1)cc(Cc1ccc(Cl)cc1C(F)(F)F)n2CCF. The van der Waals surface area contributed by atoms with E-state index in [2.05, 4.69) is 0 Å². The summed E-state index contributed by atoms with van der Waals surface area (Å²) in [6.45, 7) is -0.746. The molecule has 0 bridgehead atoms. The summed E-state index contributed by atoms with van der Waals surface area (Å²) in [4.78, 5) is 11.1. The number of hydrogen-bond donors (Lipinski definition) is 1.